The van der Waals surface area contributed by atoms with E-state index < -0.39 is 6.16 Å². The van der Waals surface area contributed by atoms with Gasteiger partial charge in [0.1, 0.15) is 0 Å². The smallest absolute Gasteiger partial charge is 0.434 e. The van der Waals surface area contributed by atoms with Crippen molar-refractivity contribution in [2.75, 3.05) is 6.61 Å². The van der Waals surface area contributed by atoms with E-state index in [-0.39, 0.29) is 0 Å². The van der Waals surface area contributed by atoms with Crippen molar-refractivity contribution in [1.29, 1.82) is 0 Å². The Hall–Kier alpha value is -0.990. The summed E-state index contributed by atoms with van der Waals surface area (Å²) in [6.07, 6.45) is 8.49. The summed E-state index contributed by atoms with van der Waals surface area (Å²) in [5, 5.41) is 0. The first kappa shape index (κ1) is 13.0. The van der Waals surface area contributed by atoms with Gasteiger partial charge in [0, 0.05) is 0 Å². The minimum atomic E-state index is -0.627. The number of hydrogen-bond donors (Lipinski definition) is 0. The highest BCUT2D eigenvalue weighted by molar-refractivity contribution is 5.60. The van der Waals surface area contributed by atoms with Crippen LogP contribution in [0.2, 0.25) is 0 Å². The summed E-state index contributed by atoms with van der Waals surface area (Å²) in [6.45, 7) is 4.28. The van der Waals surface area contributed by atoms with E-state index in [9.17, 15) is 4.79 Å². The zero-order valence-corrected chi connectivity index (χ0v) is 9.12. The molecule has 0 aromatic carbocycles. The number of ether oxygens (including phenoxy) is 2. The molecule has 3 heteroatoms. The second kappa shape index (κ2) is 10.1. The minimum absolute atomic E-state index is 0.350. The van der Waals surface area contributed by atoms with E-state index in [0.717, 1.165) is 12.8 Å². The van der Waals surface area contributed by atoms with Crippen LogP contribution in [0.15, 0.2) is 12.3 Å². The normalized spacial score (nSPS) is 10.4. The lowest BCUT2D eigenvalue weighted by molar-refractivity contribution is 0.0892. The fraction of sp³-hybridized carbons (Fsp3) is 0.727. The van der Waals surface area contributed by atoms with Gasteiger partial charge in [-0.05, 0) is 25.8 Å². The maximum absolute atomic E-state index is 10.7. The van der Waals surface area contributed by atoms with E-state index >= 15 is 0 Å². The fourth-order valence-electron chi connectivity index (χ4n) is 1.01. The predicted molar refractivity (Wildman–Crippen MR) is 56.0 cm³/mol. The van der Waals surface area contributed by atoms with Crippen LogP contribution in [0.25, 0.3) is 0 Å². The summed E-state index contributed by atoms with van der Waals surface area (Å²) < 4.78 is 9.22. The van der Waals surface area contributed by atoms with Gasteiger partial charge in [-0.2, -0.15) is 0 Å². The van der Waals surface area contributed by atoms with Crippen LogP contribution in [-0.2, 0) is 9.47 Å². The predicted octanol–water partition coefficient (Wildman–Crippen LogP) is 3.64. The van der Waals surface area contributed by atoms with Gasteiger partial charge in [-0.3, -0.25) is 0 Å². The van der Waals surface area contributed by atoms with Gasteiger partial charge in [-0.25, -0.2) is 4.79 Å². The van der Waals surface area contributed by atoms with E-state index in [0.29, 0.717) is 6.61 Å². The summed E-state index contributed by atoms with van der Waals surface area (Å²) in [7, 11) is 0. The molecule has 0 spiro atoms. The average molecular weight is 200 g/mol. The Morgan fingerprint density at radius 3 is 2.64 bits per heavy atom. The van der Waals surface area contributed by atoms with Crippen molar-refractivity contribution in [2.45, 2.75) is 46.0 Å². The molecule has 0 aromatic heterocycles. The summed E-state index contributed by atoms with van der Waals surface area (Å²) in [5.41, 5.74) is 0. The summed E-state index contributed by atoms with van der Waals surface area (Å²) in [6, 6.07) is 0. The Bertz CT molecular complexity index is 164. The Labute approximate surface area is 86.1 Å². The average Bonchev–Trinajstić information content (AvgIpc) is 2.17. The van der Waals surface area contributed by atoms with Crippen LogP contribution in [0.5, 0.6) is 0 Å². The molecule has 0 aromatic rings. The van der Waals surface area contributed by atoms with Crippen LogP contribution in [0.1, 0.15) is 46.0 Å². The van der Waals surface area contributed by atoms with Gasteiger partial charge in [0.05, 0.1) is 12.9 Å². The monoisotopic (exact) mass is 200 g/mol. The molecule has 0 heterocycles. The topological polar surface area (TPSA) is 35.5 Å². The van der Waals surface area contributed by atoms with Gasteiger partial charge >= 0.3 is 6.16 Å². The SMILES string of the molecule is CCCCCC/C=C/OC(=O)OCC. The number of rotatable bonds is 7. The molecule has 14 heavy (non-hydrogen) atoms. The lowest BCUT2D eigenvalue weighted by Crippen LogP contribution is -2.02. The maximum Gasteiger partial charge on any atom is 0.513 e. The maximum atomic E-state index is 10.7. The number of carbonyl (C=O) groups excluding carboxylic acids is 1. The van der Waals surface area contributed by atoms with E-state index in [1.807, 2.05) is 6.08 Å². The second-order valence-corrected chi connectivity index (χ2v) is 3.02. The Balaban J connectivity index is 3.22. The molecule has 0 bridgehead atoms. The molecule has 0 rings (SSSR count). The third kappa shape index (κ3) is 9.10. The van der Waals surface area contributed by atoms with E-state index in [2.05, 4.69) is 16.4 Å². The van der Waals surface area contributed by atoms with E-state index in [1.165, 1.54) is 25.5 Å². The fourth-order valence-corrected chi connectivity index (χ4v) is 1.01. The van der Waals surface area contributed by atoms with Gasteiger partial charge in [0.25, 0.3) is 0 Å². The number of allylic oxidation sites excluding steroid dienone is 1. The molecule has 0 N–H and O–H groups in total. The first-order chi connectivity index (χ1) is 6.81. The van der Waals surface area contributed by atoms with Gasteiger partial charge in [0.15, 0.2) is 0 Å². The molecule has 82 valence electrons. The Morgan fingerprint density at radius 1 is 1.21 bits per heavy atom. The molecular weight excluding hydrogens is 180 g/mol. The summed E-state index contributed by atoms with van der Waals surface area (Å²) in [5.74, 6) is 0. The van der Waals surface area contributed by atoms with Crippen LogP contribution < -0.4 is 0 Å². The van der Waals surface area contributed by atoms with Crippen LogP contribution in [0, 0.1) is 0 Å². The van der Waals surface area contributed by atoms with Gasteiger partial charge in [0.2, 0.25) is 0 Å². The van der Waals surface area contributed by atoms with Crippen molar-refractivity contribution in [1.82, 2.24) is 0 Å². The van der Waals surface area contributed by atoms with Crippen LogP contribution in [0.4, 0.5) is 4.79 Å². The first-order valence-electron chi connectivity index (χ1n) is 5.29. The number of unbranched alkanes of at least 4 members (excludes halogenated alkanes) is 4. The van der Waals surface area contributed by atoms with Gasteiger partial charge in [-0.15, -0.1) is 0 Å². The Morgan fingerprint density at radius 2 is 2.00 bits per heavy atom. The molecule has 0 amide bonds. The largest absolute Gasteiger partial charge is 0.513 e. The van der Waals surface area contributed by atoms with Crippen molar-refractivity contribution in [3.63, 3.8) is 0 Å². The molecule has 0 aliphatic heterocycles. The van der Waals surface area contributed by atoms with Crippen molar-refractivity contribution in [3.8, 4) is 0 Å². The summed E-state index contributed by atoms with van der Waals surface area (Å²) >= 11 is 0. The zero-order chi connectivity index (χ0) is 10.6. The van der Waals surface area contributed by atoms with E-state index in [4.69, 9.17) is 0 Å². The van der Waals surface area contributed by atoms with Crippen LogP contribution >= 0.6 is 0 Å². The highest BCUT2D eigenvalue weighted by Crippen LogP contribution is 2.02. The van der Waals surface area contributed by atoms with Crippen molar-refractivity contribution in [2.24, 2.45) is 0 Å². The Kier molecular flexibility index (Phi) is 9.38. The molecule has 0 saturated carbocycles. The highest BCUT2D eigenvalue weighted by Gasteiger charge is 1.96. The molecule has 0 aliphatic rings. The third-order valence-corrected chi connectivity index (χ3v) is 1.75. The van der Waals surface area contributed by atoms with E-state index in [1.54, 1.807) is 6.92 Å². The van der Waals surface area contributed by atoms with Crippen LogP contribution in [0.3, 0.4) is 0 Å². The lowest BCUT2D eigenvalue weighted by atomic mass is 10.2. The lowest BCUT2D eigenvalue weighted by Gasteiger charge is -1.98. The third-order valence-electron chi connectivity index (χ3n) is 1.75. The summed E-state index contributed by atoms with van der Waals surface area (Å²) in [4.78, 5) is 10.7. The van der Waals surface area contributed by atoms with Gasteiger partial charge < -0.3 is 9.47 Å². The number of hydrogen-bond acceptors (Lipinski definition) is 3. The standard InChI is InChI=1S/C11H20O3/c1-3-5-6-7-8-9-10-14-11(12)13-4-2/h9-10H,3-8H2,1-2H3/b10-9+. The first-order valence-corrected chi connectivity index (χ1v) is 5.29. The molecule has 0 unspecified atom stereocenters. The van der Waals surface area contributed by atoms with Crippen LogP contribution in [-0.4, -0.2) is 12.8 Å². The quantitative estimate of drug-likeness (QED) is 0.357. The van der Waals surface area contributed by atoms with Crippen molar-refractivity contribution < 1.29 is 14.3 Å². The second-order valence-electron chi connectivity index (χ2n) is 3.02. The molecule has 3 nitrogen and oxygen atoms in total. The van der Waals surface area contributed by atoms with Crippen molar-refractivity contribution >= 4 is 6.16 Å². The van der Waals surface area contributed by atoms with Gasteiger partial charge in [-0.1, -0.05) is 26.2 Å². The molecule has 0 radical (unpaired) electrons. The molecular formula is C11H20O3. The molecule has 0 saturated heterocycles. The van der Waals surface area contributed by atoms with Crippen molar-refractivity contribution in [3.05, 3.63) is 12.3 Å². The molecule has 0 fully saturated rings. The molecule has 0 atom stereocenters. The number of carbonyl (C=O) groups is 1. The highest BCUT2D eigenvalue weighted by atomic mass is 16.7. The molecule has 0 aliphatic carbocycles. The zero-order valence-electron chi connectivity index (χ0n) is 9.12. The minimum Gasteiger partial charge on any atom is -0.434 e.